The molecule has 0 aliphatic heterocycles. The normalized spacial score (nSPS) is 11.9. The molecule has 0 bridgehead atoms. The zero-order valence-electron chi connectivity index (χ0n) is 10.3. The molecule has 1 atom stereocenters. The van der Waals surface area contributed by atoms with Gasteiger partial charge in [0.25, 0.3) is 5.91 Å². The summed E-state index contributed by atoms with van der Waals surface area (Å²) in [5.74, 6) is -2.03. The van der Waals surface area contributed by atoms with Crippen molar-refractivity contribution in [1.82, 2.24) is 5.32 Å². The van der Waals surface area contributed by atoms with Crippen molar-refractivity contribution in [2.24, 2.45) is 11.7 Å². The van der Waals surface area contributed by atoms with E-state index in [1.807, 2.05) is 0 Å². The molecule has 2 amide bonds. The average Bonchev–Trinajstić information content (AvgIpc) is 2.31. The summed E-state index contributed by atoms with van der Waals surface area (Å²) in [6, 6.07) is 3.70. The van der Waals surface area contributed by atoms with Gasteiger partial charge in [-0.1, -0.05) is 6.92 Å². The van der Waals surface area contributed by atoms with Gasteiger partial charge in [0.15, 0.2) is 0 Å². The van der Waals surface area contributed by atoms with E-state index in [0.717, 1.165) is 6.07 Å². The molecular formula is C12H16FN3O2. The first kappa shape index (κ1) is 14.1. The fourth-order valence-corrected chi connectivity index (χ4v) is 1.46. The SMILES string of the molecule is CNCC(C)C(=O)Nc1ccc(F)c(C(N)=O)c1. The largest absolute Gasteiger partial charge is 0.366 e. The second kappa shape index (κ2) is 6.11. The van der Waals surface area contributed by atoms with Crippen LogP contribution in [0.2, 0.25) is 0 Å². The van der Waals surface area contributed by atoms with Crippen molar-refractivity contribution in [1.29, 1.82) is 0 Å². The summed E-state index contributed by atoms with van der Waals surface area (Å²) < 4.78 is 13.2. The molecule has 1 aromatic rings. The lowest BCUT2D eigenvalue weighted by Gasteiger charge is -2.12. The van der Waals surface area contributed by atoms with Crippen molar-refractivity contribution in [3.05, 3.63) is 29.6 Å². The first-order valence-corrected chi connectivity index (χ1v) is 5.50. The molecule has 1 aromatic carbocycles. The molecule has 98 valence electrons. The quantitative estimate of drug-likeness (QED) is 0.723. The minimum absolute atomic E-state index is 0.216. The molecule has 1 unspecified atom stereocenters. The number of hydrogen-bond acceptors (Lipinski definition) is 3. The fraction of sp³-hybridized carbons (Fsp3) is 0.333. The van der Waals surface area contributed by atoms with Crippen molar-refractivity contribution in [3.8, 4) is 0 Å². The van der Waals surface area contributed by atoms with Gasteiger partial charge in [-0.3, -0.25) is 9.59 Å². The van der Waals surface area contributed by atoms with Crippen LogP contribution < -0.4 is 16.4 Å². The average molecular weight is 253 g/mol. The number of hydrogen-bond donors (Lipinski definition) is 3. The van der Waals surface area contributed by atoms with E-state index in [2.05, 4.69) is 10.6 Å². The maximum atomic E-state index is 13.2. The lowest BCUT2D eigenvalue weighted by Crippen LogP contribution is -2.28. The molecule has 0 heterocycles. The Kier molecular flexibility index (Phi) is 4.79. The van der Waals surface area contributed by atoms with Crippen LogP contribution in [0.25, 0.3) is 0 Å². The maximum Gasteiger partial charge on any atom is 0.251 e. The minimum atomic E-state index is -0.869. The number of nitrogens with two attached hydrogens (primary N) is 1. The number of halogens is 1. The Labute approximate surface area is 105 Å². The summed E-state index contributed by atoms with van der Waals surface area (Å²) in [7, 11) is 1.74. The second-order valence-electron chi connectivity index (χ2n) is 4.01. The molecular weight excluding hydrogens is 237 g/mol. The van der Waals surface area contributed by atoms with Crippen LogP contribution in [0.1, 0.15) is 17.3 Å². The van der Waals surface area contributed by atoms with E-state index < -0.39 is 11.7 Å². The zero-order chi connectivity index (χ0) is 13.7. The molecule has 0 saturated carbocycles. The molecule has 0 aliphatic rings. The number of carbonyl (C=O) groups excluding carboxylic acids is 2. The monoisotopic (exact) mass is 253 g/mol. The summed E-state index contributed by atoms with van der Waals surface area (Å²) in [6.45, 7) is 2.28. The van der Waals surface area contributed by atoms with Gasteiger partial charge in [-0.2, -0.15) is 0 Å². The molecule has 5 nitrogen and oxygen atoms in total. The van der Waals surface area contributed by atoms with E-state index in [-0.39, 0.29) is 17.4 Å². The Balaban J connectivity index is 2.82. The predicted molar refractivity (Wildman–Crippen MR) is 66.6 cm³/mol. The Morgan fingerprint density at radius 1 is 1.44 bits per heavy atom. The number of rotatable bonds is 5. The lowest BCUT2D eigenvalue weighted by atomic mass is 10.1. The molecule has 0 saturated heterocycles. The first-order valence-electron chi connectivity index (χ1n) is 5.50. The molecule has 6 heteroatoms. The summed E-state index contributed by atoms with van der Waals surface area (Å²) >= 11 is 0. The van der Waals surface area contributed by atoms with Crippen LogP contribution in [0.15, 0.2) is 18.2 Å². The van der Waals surface area contributed by atoms with Crippen LogP contribution in [0, 0.1) is 11.7 Å². The Morgan fingerprint density at radius 2 is 2.11 bits per heavy atom. The van der Waals surface area contributed by atoms with Crippen molar-refractivity contribution in [3.63, 3.8) is 0 Å². The van der Waals surface area contributed by atoms with E-state index in [9.17, 15) is 14.0 Å². The standard InChI is InChI=1S/C12H16FN3O2/c1-7(6-15-2)12(18)16-8-3-4-10(13)9(5-8)11(14)17/h3-5,7,15H,6H2,1-2H3,(H2,14,17)(H,16,18). The van der Waals surface area contributed by atoms with Crippen molar-refractivity contribution in [2.75, 3.05) is 18.9 Å². The smallest absolute Gasteiger partial charge is 0.251 e. The Morgan fingerprint density at radius 3 is 2.67 bits per heavy atom. The predicted octanol–water partition coefficient (Wildman–Crippen LogP) is 0.719. The van der Waals surface area contributed by atoms with E-state index in [1.54, 1.807) is 14.0 Å². The first-order chi connectivity index (χ1) is 8.45. The van der Waals surface area contributed by atoms with Crippen LogP contribution >= 0.6 is 0 Å². The molecule has 0 aliphatic carbocycles. The van der Waals surface area contributed by atoms with Gasteiger partial charge in [0.05, 0.1) is 5.56 Å². The van der Waals surface area contributed by atoms with Gasteiger partial charge in [0.1, 0.15) is 5.82 Å². The summed E-state index contributed by atoms with van der Waals surface area (Å²) in [5, 5.41) is 5.47. The highest BCUT2D eigenvalue weighted by atomic mass is 19.1. The second-order valence-corrected chi connectivity index (χ2v) is 4.01. The van der Waals surface area contributed by atoms with Gasteiger partial charge in [0.2, 0.25) is 5.91 Å². The molecule has 0 aromatic heterocycles. The summed E-state index contributed by atoms with van der Waals surface area (Å²) in [5.41, 5.74) is 5.12. The molecule has 1 rings (SSSR count). The number of primary amides is 1. The van der Waals surface area contributed by atoms with Crippen LogP contribution in [-0.4, -0.2) is 25.4 Å². The number of carbonyl (C=O) groups is 2. The van der Waals surface area contributed by atoms with Gasteiger partial charge < -0.3 is 16.4 Å². The Hall–Kier alpha value is -1.95. The molecule has 0 radical (unpaired) electrons. The summed E-state index contributed by atoms with van der Waals surface area (Å²) in [6.07, 6.45) is 0. The number of anilines is 1. The molecule has 0 spiro atoms. The van der Waals surface area contributed by atoms with Gasteiger partial charge in [-0.15, -0.1) is 0 Å². The van der Waals surface area contributed by atoms with Gasteiger partial charge >= 0.3 is 0 Å². The van der Waals surface area contributed by atoms with E-state index >= 15 is 0 Å². The fourth-order valence-electron chi connectivity index (χ4n) is 1.46. The summed E-state index contributed by atoms with van der Waals surface area (Å²) in [4.78, 5) is 22.7. The van der Waals surface area contributed by atoms with Gasteiger partial charge in [-0.25, -0.2) is 4.39 Å². The van der Waals surface area contributed by atoms with E-state index in [1.165, 1.54) is 12.1 Å². The third kappa shape index (κ3) is 3.53. The zero-order valence-corrected chi connectivity index (χ0v) is 10.3. The highest BCUT2D eigenvalue weighted by molar-refractivity contribution is 5.97. The van der Waals surface area contributed by atoms with Crippen molar-refractivity contribution in [2.45, 2.75) is 6.92 Å². The lowest BCUT2D eigenvalue weighted by molar-refractivity contribution is -0.119. The van der Waals surface area contributed by atoms with Crippen LogP contribution in [0.5, 0.6) is 0 Å². The van der Waals surface area contributed by atoms with Crippen LogP contribution in [0.4, 0.5) is 10.1 Å². The van der Waals surface area contributed by atoms with Gasteiger partial charge in [-0.05, 0) is 25.2 Å². The molecule has 0 fully saturated rings. The van der Waals surface area contributed by atoms with Crippen LogP contribution in [-0.2, 0) is 4.79 Å². The molecule has 18 heavy (non-hydrogen) atoms. The van der Waals surface area contributed by atoms with E-state index in [4.69, 9.17) is 5.73 Å². The molecule has 4 N–H and O–H groups in total. The Bertz CT molecular complexity index is 463. The third-order valence-electron chi connectivity index (χ3n) is 2.46. The maximum absolute atomic E-state index is 13.2. The van der Waals surface area contributed by atoms with Crippen molar-refractivity contribution < 1.29 is 14.0 Å². The topological polar surface area (TPSA) is 84.2 Å². The van der Waals surface area contributed by atoms with Crippen molar-refractivity contribution >= 4 is 17.5 Å². The number of amides is 2. The van der Waals surface area contributed by atoms with Gasteiger partial charge in [0, 0.05) is 18.2 Å². The minimum Gasteiger partial charge on any atom is -0.366 e. The third-order valence-corrected chi connectivity index (χ3v) is 2.46. The highest BCUT2D eigenvalue weighted by Gasteiger charge is 2.14. The number of benzene rings is 1. The van der Waals surface area contributed by atoms with Crippen LogP contribution in [0.3, 0.4) is 0 Å². The van der Waals surface area contributed by atoms with E-state index in [0.29, 0.717) is 12.2 Å². The number of nitrogens with one attached hydrogen (secondary N) is 2. The highest BCUT2D eigenvalue weighted by Crippen LogP contribution is 2.15.